The molecule has 3 aromatic heterocycles. The molecular weight excluding hydrogens is 384 g/mol. The smallest absolute Gasteiger partial charge is 0.252 e. The minimum absolute atomic E-state index is 0.233. The Labute approximate surface area is 172 Å². The Morgan fingerprint density at radius 3 is 2.66 bits per heavy atom. The highest BCUT2D eigenvalue weighted by atomic mass is 32.2. The molecule has 0 atom stereocenters. The van der Waals surface area contributed by atoms with E-state index in [1.165, 1.54) is 29.0 Å². The summed E-state index contributed by atoms with van der Waals surface area (Å²) in [7, 11) is 0. The minimum atomic E-state index is -0.233. The van der Waals surface area contributed by atoms with Crippen LogP contribution >= 0.6 is 11.8 Å². The maximum Gasteiger partial charge on any atom is 0.252 e. The highest BCUT2D eigenvalue weighted by molar-refractivity contribution is 7.98. The lowest BCUT2D eigenvalue weighted by atomic mass is 10.1. The van der Waals surface area contributed by atoms with Crippen molar-refractivity contribution in [2.24, 2.45) is 0 Å². The molecule has 0 bridgehead atoms. The van der Waals surface area contributed by atoms with Crippen LogP contribution < -0.4 is 10.9 Å². The van der Waals surface area contributed by atoms with Crippen molar-refractivity contribution in [2.45, 2.75) is 31.6 Å². The molecular formula is C21H20N6OS. The minimum Gasteiger partial charge on any atom is -0.294 e. The first-order chi connectivity index (χ1) is 14.0. The molecule has 0 unspecified atom stereocenters. The van der Waals surface area contributed by atoms with Gasteiger partial charge in [0.15, 0.2) is 0 Å². The second-order valence-electron chi connectivity index (χ2n) is 6.75. The summed E-state index contributed by atoms with van der Waals surface area (Å²) in [5.41, 5.74) is 4.51. The van der Waals surface area contributed by atoms with Crippen molar-refractivity contribution >= 4 is 34.6 Å². The van der Waals surface area contributed by atoms with Crippen LogP contribution in [0.5, 0.6) is 0 Å². The third-order valence-electron chi connectivity index (χ3n) is 4.53. The number of H-pyrrole nitrogens is 1. The van der Waals surface area contributed by atoms with Crippen LogP contribution in [0.1, 0.15) is 22.5 Å². The number of aryl methyl sites for hydroxylation is 3. The van der Waals surface area contributed by atoms with Crippen molar-refractivity contribution in [1.82, 2.24) is 24.9 Å². The Kier molecular flexibility index (Phi) is 5.26. The molecule has 4 aromatic rings. The van der Waals surface area contributed by atoms with Gasteiger partial charge < -0.3 is 0 Å². The molecule has 0 fully saturated rings. The number of rotatable bonds is 5. The Hall–Kier alpha value is -3.26. The van der Waals surface area contributed by atoms with E-state index in [0.29, 0.717) is 23.3 Å². The van der Waals surface area contributed by atoms with Gasteiger partial charge in [0, 0.05) is 23.4 Å². The van der Waals surface area contributed by atoms with Crippen LogP contribution in [0.3, 0.4) is 0 Å². The molecule has 0 aliphatic carbocycles. The molecule has 0 saturated heterocycles. The van der Waals surface area contributed by atoms with Crippen LogP contribution in [0.4, 0.5) is 11.9 Å². The standard InChI is InChI=1S/C21H20N6OS/c1-12-8-16-14(3)23-20(25-17(16)9-13(12)2)27-21-24-15(10-18(28)26-21)11-29-19-6-4-5-7-22-19/h4-10H,11H2,1-3H3,(H2,23,24,25,26,27,28). The normalized spacial score (nSPS) is 11.0. The van der Waals surface area contributed by atoms with Crippen LogP contribution in [0.15, 0.2) is 52.4 Å². The molecule has 2 N–H and O–H groups in total. The van der Waals surface area contributed by atoms with Crippen molar-refractivity contribution < 1.29 is 0 Å². The molecule has 146 valence electrons. The number of hydrogen-bond acceptors (Lipinski definition) is 7. The van der Waals surface area contributed by atoms with E-state index in [1.807, 2.05) is 31.2 Å². The monoisotopic (exact) mass is 404 g/mol. The summed E-state index contributed by atoms with van der Waals surface area (Å²) >= 11 is 1.52. The fourth-order valence-electron chi connectivity index (χ4n) is 2.92. The Bertz CT molecular complexity index is 1240. The molecule has 0 saturated carbocycles. The fourth-order valence-corrected chi connectivity index (χ4v) is 3.68. The van der Waals surface area contributed by atoms with Gasteiger partial charge in [0.1, 0.15) is 0 Å². The number of aromatic nitrogens is 5. The van der Waals surface area contributed by atoms with Gasteiger partial charge in [-0.05, 0) is 56.2 Å². The van der Waals surface area contributed by atoms with Gasteiger partial charge in [-0.3, -0.25) is 15.1 Å². The van der Waals surface area contributed by atoms with Gasteiger partial charge in [-0.2, -0.15) is 0 Å². The number of nitrogens with one attached hydrogen (secondary N) is 2. The molecule has 3 heterocycles. The summed E-state index contributed by atoms with van der Waals surface area (Å²) in [5, 5.41) is 4.93. The number of benzene rings is 1. The number of fused-ring (bicyclic) bond motifs is 1. The molecule has 1 aromatic carbocycles. The fraction of sp³-hybridized carbons (Fsp3) is 0.190. The zero-order chi connectivity index (χ0) is 20.4. The number of nitrogens with zero attached hydrogens (tertiary/aromatic N) is 4. The lowest BCUT2D eigenvalue weighted by Crippen LogP contribution is -2.13. The van der Waals surface area contributed by atoms with Crippen LogP contribution in [0.25, 0.3) is 10.9 Å². The second kappa shape index (κ2) is 8.00. The van der Waals surface area contributed by atoms with E-state index < -0.39 is 0 Å². The van der Waals surface area contributed by atoms with Crippen LogP contribution in [0.2, 0.25) is 0 Å². The average Bonchev–Trinajstić information content (AvgIpc) is 2.68. The maximum absolute atomic E-state index is 12.1. The lowest BCUT2D eigenvalue weighted by molar-refractivity contribution is 1.03. The second-order valence-corrected chi connectivity index (χ2v) is 7.75. The molecule has 0 radical (unpaired) electrons. The first-order valence-electron chi connectivity index (χ1n) is 9.14. The van der Waals surface area contributed by atoms with E-state index in [1.54, 1.807) is 6.20 Å². The van der Waals surface area contributed by atoms with Gasteiger partial charge in [0.25, 0.3) is 5.56 Å². The Balaban J connectivity index is 1.60. The molecule has 0 aliphatic heterocycles. The number of aromatic amines is 1. The predicted octanol–water partition coefficient (Wildman–Crippen LogP) is 4.07. The molecule has 29 heavy (non-hydrogen) atoms. The SMILES string of the molecule is Cc1cc2nc(Nc3nc(CSc4ccccn4)cc(=O)[nH]3)nc(C)c2cc1C. The van der Waals surface area contributed by atoms with Crippen LogP contribution in [-0.4, -0.2) is 24.9 Å². The third kappa shape index (κ3) is 4.43. The largest absolute Gasteiger partial charge is 0.294 e. The topological polar surface area (TPSA) is 96.5 Å². The summed E-state index contributed by atoms with van der Waals surface area (Å²) in [4.78, 5) is 32.6. The van der Waals surface area contributed by atoms with Gasteiger partial charge in [-0.1, -0.05) is 6.07 Å². The highest BCUT2D eigenvalue weighted by Gasteiger charge is 2.09. The quantitative estimate of drug-likeness (QED) is 0.484. The lowest BCUT2D eigenvalue weighted by Gasteiger charge is -2.10. The predicted molar refractivity (Wildman–Crippen MR) is 116 cm³/mol. The number of thioether (sulfide) groups is 1. The summed E-state index contributed by atoms with van der Waals surface area (Å²) < 4.78 is 0. The number of anilines is 2. The number of pyridine rings is 1. The van der Waals surface area contributed by atoms with Crippen molar-refractivity contribution in [3.05, 3.63) is 75.5 Å². The summed E-state index contributed by atoms with van der Waals surface area (Å²) in [5.74, 6) is 1.25. The molecule has 0 amide bonds. The first kappa shape index (κ1) is 19.1. The third-order valence-corrected chi connectivity index (χ3v) is 5.51. The van der Waals surface area contributed by atoms with Crippen molar-refractivity contribution in [3.63, 3.8) is 0 Å². The van der Waals surface area contributed by atoms with Crippen molar-refractivity contribution in [2.75, 3.05) is 5.32 Å². The summed E-state index contributed by atoms with van der Waals surface area (Å²) in [6.07, 6.45) is 1.74. The van der Waals surface area contributed by atoms with Gasteiger partial charge >= 0.3 is 0 Å². The van der Waals surface area contributed by atoms with E-state index in [2.05, 4.69) is 50.2 Å². The van der Waals surface area contributed by atoms with Gasteiger partial charge in [-0.15, -0.1) is 11.8 Å². The van der Waals surface area contributed by atoms with Crippen molar-refractivity contribution in [1.29, 1.82) is 0 Å². The Morgan fingerprint density at radius 2 is 1.86 bits per heavy atom. The van der Waals surface area contributed by atoms with Crippen LogP contribution in [-0.2, 0) is 5.75 Å². The molecule has 0 spiro atoms. The zero-order valence-corrected chi connectivity index (χ0v) is 17.2. The number of hydrogen-bond donors (Lipinski definition) is 2. The van der Waals surface area contributed by atoms with E-state index >= 15 is 0 Å². The molecule has 7 nitrogen and oxygen atoms in total. The van der Waals surface area contributed by atoms with Gasteiger partial charge in [0.2, 0.25) is 11.9 Å². The Morgan fingerprint density at radius 1 is 1.03 bits per heavy atom. The molecule has 0 aliphatic rings. The molecule has 8 heteroatoms. The van der Waals surface area contributed by atoms with Gasteiger partial charge in [-0.25, -0.2) is 19.9 Å². The molecule has 4 rings (SSSR count). The van der Waals surface area contributed by atoms with Gasteiger partial charge in [0.05, 0.1) is 21.9 Å². The van der Waals surface area contributed by atoms with E-state index in [-0.39, 0.29) is 5.56 Å². The maximum atomic E-state index is 12.1. The first-order valence-corrected chi connectivity index (χ1v) is 10.1. The van der Waals surface area contributed by atoms with Crippen molar-refractivity contribution in [3.8, 4) is 0 Å². The average molecular weight is 404 g/mol. The van der Waals surface area contributed by atoms with E-state index in [0.717, 1.165) is 21.6 Å². The summed E-state index contributed by atoms with van der Waals surface area (Å²) in [6.45, 7) is 6.07. The van der Waals surface area contributed by atoms with E-state index in [4.69, 9.17) is 0 Å². The van der Waals surface area contributed by atoms with Crippen LogP contribution in [0, 0.1) is 20.8 Å². The van der Waals surface area contributed by atoms with E-state index in [9.17, 15) is 4.79 Å². The highest BCUT2D eigenvalue weighted by Crippen LogP contribution is 2.23. The zero-order valence-electron chi connectivity index (χ0n) is 16.4. The summed E-state index contributed by atoms with van der Waals surface area (Å²) in [6, 6.07) is 11.3.